The first-order valence-electron chi connectivity index (χ1n) is 7.82. The summed E-state index contributed by atoms with van der Waals surface area (Å²) in [6.45, 7) is 0. The molecule has 0 aromatic heterocycles. The summed E-state index contributed by atoms with van der Waals surface area (Å²) in [5.74, 6) is -1.89. The highest BCUT2D eigenvalue weighted by atomic mass is 19.4. The van der Waals surface area contributed by atoms with Crippen molar-refractivity contribution in [1.29, 1.82) is 0 Å². The number of benzene rings is 3. The molecule has 0 bridgehead atoms. The highest BCUT2D eigenvalue weighted by molar-refractivity contribution is 5.95. The first-order chi connectivity index (χ1) is 12.8. The fraction of sp³-hybridized carbons (Fsp3) is 0.0500. The maximum atomic E-state index is 13.5. The van der Waals surface area contributed by atoms with E-state index in [4.69, 9.17) is 0 Å². The number of alkyl halides is 3. The van der Waals surface area contributed by atoms with Crippen LogP contribution in [0.25, 0.3) is 11.1 Å². The Bertz CT molecular complexity index is 999. The smallest absolute Gasteiger partial charge is 0.417 e. The van der Waals surface area contributed by atoms with Gasteiger partial charge in [0, 0.05) is 5.69 Å². The Hall–Kier alpha value is -3.35. The summed E-state index contributed by atoms with van der Waals surface area (Å²) in [5, 5.41) is 12.0. The number of carboxylic acid groups (broad SMARTS) is 1. The van der Waals surface area contributed by atoms with E-state index in [1.165, 1.54) is 36.4 Å². The zero-order valence-corrected chi connectivity index (χ0v) is 13.7. The zero-order chi connectivity index (χ0) is 19.6. The number of aromatic carboxylic acids is 1. The molecule has 0 aliphatic carbocycles. The van der Waals surface area contributed by atoms with Crippen LogP contribution in [0.1, 0.15) is 15.9 Å². The Morgan fingerprint density at radius 3 is 2.37 bits per heavy atom. The number of rotatable bonds is 4. The molecule has 7 heteroatoms. The molecule has 0 aliphatic heterocycles. The Morgan fingerprint density at radius 1 is 0.926 bits per heavy atom. The van der Waals surface area contributed by atoms with Crippen LogP contribution in [0.5, 0.6) is 0 Å². The van der Waals surface area contributed by atoms with Gasteiger partial charge in [-0.2, -0.15) is 13.2 Å². The third-order valence-electron chi connectivity index (χ3n) is 3.90. The third-order valence-corrected chi connectivity index (χ3v) is 3.90. The fourth-order valence-corrected chi connectivity index (χ4v) is 2.71. The van der Waals surface area contributed by atoms with Crippen molar-refractivity contribution < 1.29 is 27.5 Å². The van der Waals surface area contributed by atoms with Crippen LogP contribution in [-0.4, -0.2) is 11.1 Å². The van der Waals surface area contributed by atoms with E-state index in [2.05, 4.69) is 5.32 Å². The van der Waals surface area contributed by atoms with E-state index in [-0.39, 0.29) is 16.8 Å². The van der Waals surface area contributed by atoms with Crippen molar-refractivity contribution in [2.75, 3.05) is 5.32 Å². The minimum atomic E-state index is -4.51. The van der Waals surface area contributed by atoms with E-state index in [0.717, 1.165) is 24.3 Å². The largest absolute Gasteiger partial charge is 0.478 e. The van der Waals surface area contributed by atoms with E-state index in [1.807, 2.05) is 0 Å². The molecular formula is C20H13F4NO2. The summed E-state index contributed by atoms with van der Waals surface area (Å²) in [6.07, 6.45) is -4.51. The molecule has 138 valence electrons. The minimum Gasteiger partial charge on any atom is -0.478 e. The number of hydrogen-bond acceptors (Lipinski definition) is 2. The van der Waals surface area contributed by atoms with Crippen LogP contribution in [-0.2, 0) is 6.18 Å². The van der Waals surface area contributed by atoms with Crippen molar-refractivity contribution in [3.8, 4) is 11.1 Å². The first-order valence-corrected chi connectivity index (χ1v) is 7.82. The van der Waals surface area contributed by atoms with E-state index < -0.39 is 23.5 Å². The Kier molecular flexibility index (Phi) is 4.85. The van der Waals surface area contributed by atoms with Crippen molar-refractivity contribution in [1.82, 2.24) is 0 Å². The first kappa shape index (κ1) is 18.4. The molecule has 0 saturated heterocycles. The number of carboxylic acids is 1. The molecule has 0 atom stereocenters. The molecule has 0 saturated carbocycles. The van der Waals surface area contributed by atoms with Crippen molar-refractivity contribution in [2.45, 2.75) is 6.18 Å². The molecule has 3 rings (SSSR count). The van der Waals surface area contributed by atoms with Crippen molar-refractivity contribution >= 4 is 17.3 Å². The van der Waals surface area contributed by atoms with Gasteiger partial charge in [-0.25, -0.2) is 9.18 Å². The summed E-state index contributed by atoms with van der Waals surface area (Å²) in [6, 6.07) is 14.3. The maximum absolute atomic E-state index is 13.5. The predicted molar refractivity (Wildman–Crippen MR) is 93.5 cm³/mol. The summed E-state index contributed by atoms with van der Waals surface area (Å²) in [5.41, 5.74) is -0.314. The molecule has 0 spiro atoms. The van der Waals surface area contributed by atoms with E-state index >= 15 is 0 Å². The van der Waals surface area contributed by atoms with Crippen LogP contribution < -0.4 is 5.32 Å². The van der Waals surface area contributed by atoms with Crippen LogP contribution in [0.15, 0.2) is 66.7 Å². The van der Waals surface area contributed by atoms with Crippen molar-refractivity contribution in [2.24, 2.45) is 0 Å². The second-order valence-electron chi connectivity index (χ2n) is 5.74. The average molecular weight is 375 g/mol. The second-order valence-corrected chi connectivity index (χ2v) is 5.74. The van der Waals surface area contributed by atoms with E-state index in [0.29, 0.717) is 11.3 Å². The molecule has 0 aliphatic rings. The number of hydrogen-bond donors (Lipinski definition) is 2. The third kappa shape index (κ3) is 4.08. The van der Waals surface area contributed by atoms with Gasteiger partial charge in [0.2, 0.25) is 0 Å². The monoisotopic (exact) mass is 375 g/mol. The van der Waals surface area contributed by atoms with Gasteiger partial charge >= 0.3 is 12.1 Å². The van der Waals surface area contributed by atoms with Crippen LogP contribution in [0.4, 0.5) is 28.9 Å². The van der Waals surface area contributed by atoms with E-state index in [1.54, 1.807) is 6.07 Å². The van der Waals surface area contributed by atoms with Crippen LogP contribution in [0, 0.1) is 5.82 Å². The van der Waals surface area contributed by atoms with Gasteiger partial charge in [-0.3, -0.25) is 0 Å². The van der Waals surface area contributed by atoms with E-state index in [9.17, 15) is 27.5 Å². The van der Waals surface area contributed by atoms with Gasteiger partial charge < -0.3 is 10.4 Å². The topological polar surface area (TPSA) is 49.3 Å². The fourth-order valence-electron chi connectivity index (χ4n) is 2.71. The Labute approximate surface area is 151 Å². The second kappa shape index (κ2) is 7.11. The normalized spacial score (nSPS) is 11.3. The highest BCUT2D eigenvalue weighted by Gasteiger charge is 2.33. The molecule has 0 heterocycles. The molecular weight excluding hydrogens is 362 g/mol. The minimum absolute atomic E-state index is 0.00348. The molecule has 2 N–H and O–H groups in total. The summed E-state index contributed by atoms with van der Waals surface area (Å²) >= 11 is 0. The number of anilines is 2. The predicted octanol–water partition coefficient (Wildman–Crippen LogP) is 5.95. The van der Waals surface area contributed by atoms with Gasteiger partial charge in [-0.15, -0.1) is 0 Å². The number of carbonyl (C=O) groups is 1. The standard InChI is InChI=1S/C20H13F4NO2/c21-13-8-9-16(19(26)27)18(11-13)25-14-5-3-4-12(10-14)15-6-1-2-7-17(15)20(22,23)24/h1-11,25H,(H,26,27). The Balaban J connectivity index is 2.02. The molecule has 3 aromatic rings. The van der Waals surface area contributed by atoms with Crippen molar-refractivity contribution in [3.05, 3.63) is 83.7 Å². The zero-order valence-electron chi connectivity index (χ0n) is 13.7. The lowest BCUT2D eigenvalue weighted by atomic mass is 9.99. The molecule has 0 fully saturated rings. The molecule has 3 aromatic carbocycles. The van der Waals surface area contributed by atoms with Gasteiger partial charge in [0.15, 0.2) is 0 Å². The molecule has 0 amide bonds. The molecule has 3 nitrogen and oxygen atoms in total. The average Bonchev–Trinajstić information content (AvgIpc) is 2.61. The molecule has 0 radical (unpaired) electrons. The van der Waals surface area contributed by atoms with Gasteiger partial charge in [-0.1, -0.05) is 30.3 Å². The van der Waals surface area contributed by atoms with Gasteiger partial charge in [-0.05, 0) is 47.5 Å². The molecule has 27 heavy (non-hydrogen) atoms. The van der Waals surface area contributed by atoms with Gasteiger partial charge in [0.25, 0.3) is 0 Å². The maximum Gasteiger partial charge on any atom is 0.417 e. The summed E-state index contributed by atoms with van der Waals surface area (Å²) < 4.78 is 53.2. The van der Waals surface area contributed by atoms with Crippen LogP contribution in [0.3, 0.4) is 0 Å². The summed E-state index contributed by atoms with van der Waals surface area (Å²) in [4.78, 5) is 11.3. The lowest BCUT2D eigenvalue weighted by Gasteiger charge is -2.15. The molecule has 0 unspecified atom stereocenters. The Morgan fingerprint density at radius 2 is 1.67 bits per heavy atom. The van der Waals surface area contributed by atoms with Crippen LogP contribution in [0.2, 0.25) is 0 Å². The van der Waals surface area contributed by atoms with Gasteiger partial charge in [0.1, 0.15) is 5.82 Å². The quantitative estimate of drug-likeness (QED) is 0.554. The lowest BCUT2D eigenvalue weighted by molar-refractivity contribution is -0.137. The number of halogens is 4. The van der Waals surface area contributed by atoms with Crippen molar-refractivity contribution in [3.63, 3.8) is 0 Å². The SMILES string of the molecule is O=C(O)c1ccc(F)cc1Nc1cccc(-c2ccccc2C(F)(F)F)c1. The number of nitrogens with one attached hydrogen (secondary N) is 1. The lowest BCUT2D eigenvalue weighted by Crippen LogP contribution is -2.07. The highest BCUT2D eigenvalue weighted by Crippen LogP contribution is 2.37. The summed E-state index contributed by atoms with van der Waals surface area (Å²) in [7, 11) is 0. The van der Waals surface area contributed by atoms with Gasteiger partial charge in [0.05, 0.1) is 16.8 Å². The van der Waals surface area contributed by atoms with Crippen LogP contribution >= 0.6 is 0 Å².